The average Bonchev–Trinajstić information content (AvgIpc) is 0. The quantitative estimate of drug-likeness (QED) is 0.348. The van der Waals surface area contributed by atoms with Gasteiger partial charge in [0.05, 0.1) is 0 Å². The van der Waals surface area contributed by atoms with Crippen LogP contribution in [-0.4, -0.2) is 88.0 Å². The Morgan fingerprint density at radius 3 is 0.444 bits per heavy atom. The Morgan fingerprint density at radius 1 is 0.444 bits per heavy atom. The minimum atomic E-state index is 0. The first kappa shape index (κ1) is 309. The van der Waals surface area contributed by atoms with E-state index in [2.05, 4.69) is 0 Å². The van der Waals surface area contributed by atoms with E-state index in [-0.39, 0.29) is 100 Å². The maximum absolute atomic E-state index is 0. The van der Waals surface area contributed by atoms with Gasteiger partial charge in [0.15, 0.2) is 17.4 Å². The monoisotopic (exact) mass is 216 g/mol. The summed E-state index contributed by atoms with van der Waals surface area (Å²) >= 11 is 0. The van der Waals surface area contributed by atoms with Crippen LogP contribution in [0.4, 0.5) is 0 Å². The van der Waals surface area contributed by atoms with E-state index >= 15 is 0 Å². The number of rotatable bonds is 0. The molecule has 0 spiro atoms. The fourth-order valence-corrected chi connectivity index (χ4v) is 0. The van der Waals surface area contributed by atoms with Crippen molar-refractivity contribution in [2.45, 2.75) is 0 Å². The number of hydrogen-bond donors (Lipinski definition) is 0. The van der Waals surface area contributed by atoms with Crippen molar-refractivity contribution in [2.75, 3.05) is 0 Å². The van der Waals surface area contributed by atoms with Crippen molar-refractivity contribution in [2.24, 2.45) is 0 Å². The molecular weight excluding hydrogens is 199 g/mol. The van der Waals surface area contributed by atoms with Gasteiger partial charge in [0.1, 0.15) is 0 Å². The molecule has 0 aromatic carbocycles. The van der Waals surface area contributed by atoms with Gasteiger partial charge in [-0.05, 0) is 0 Å². The molecule has 0 aliphatic carbocycles. The van der Waals surface area contributed by atoms with Crippen molar-refractivity contribution in [3.8, 4) is 0 Å². The van der Waals surface area contributed by atoms with Gasteiger partial charge in [-0.3, -0.25) is 0 Å². The summed E-state index contributed by atoms with van der Waals surface area (Å²) in [5.74, 6) is 0. The number of hydrogen-bond acceptors (Lipinski definition) is 0. The average molecular weight is 217 g/mol. The minimum absolute atomic E-state index is 0. The molecule has 66 valence electrons. The Balaban J connectivity index is 0. The van der Waals surface area contributed by atoms with Crippen molar-refractivity contribution in [3.63, 3.8) is 0 Å². The molecule has 6 nitrogen and oxygen atoms in total. The molecule has 0 radical (unpaired) electrons. The molecule has 0 unspecified atom stereocenters. The van der Waals surface area contributed by atoms with Gasteiger partial charge >= 0.3 is 37.7 Å². The molecule has 0 saturated carbocycles. The first-order chi connectivity index (χ1) is 0. The molecule has 0 bridgehead atoms. The SMILES string of the molecule is Cl.O.O.O.O.O.O.[AlH3].[CaH2]. The van der Waals surface area contributed by atoms with E-state index in [1.54, 1.807) is 0 Å². The molecule has 0 aromatic heterocycles. The van der Waals surface area contributed by atoms with Gasteiger partial charge in [0.2, 0.25) is 0 Å². The second kappa shape index (κ2) is 227. The molecule has 0 amide bonds. The van der Waals surface area contributed by atoms with Crippen LogP contribution < -0.4 is 0 Å². The predicted molar refractivity (Wildman–Crippen MR) is 47.4 cm³/mol. The predicted octanol–water partition coefficient (Wildman–Crippen LogP) is -6.63. The topological polar surface area (TPSA) is 189 Å². The first-order valence-corrected chi connectivity index (χ1v) is 0. The van der Waals surface area contributed by atoms with Gasteiger partial charge in [-0.1, -0.05) is 0 Å². The van der Waals surface area contributed by atoms with Crippen molar-refractivity contribution in [1.82, 2.24) is 0 Å². The van der Waals surface area contributed by atoms with E-state index in [9.17, 15) is 0 Å². The zero-order valence-corrected chi connectivity index (χ0v) is 4.22. The second-order valence-electron chi connectivity index (χ2n) is 0. The Morgan fingerprint density at radius 2 is 0.444 bits per heavy atom. The van der Waals surface area contributed by atoms with E-state index in [0.717, 1.165) is 0 Å². The molecule has 0 rings (SSSR count). The molecule has 0 aromatic rings. The molecule has 9 heteroatoms. The van der Waals surface area contributed by atoms with E-state index in [1.165, 1.54) is 0 Å². The molecule has 0 saturated heterocycles. The first-order valence-electron chi connectivity index (χ1n) is 0. The third kappa shape index (κ3) is 178. The van der Waals surface area contributed by atoms with Gasteiger partial charge in [-0.25, -0.2) is 0 Å². The Kier molecular flexibility index (Phi) is 7800. The van der Waals surface area contributed by atoms with Crippen molar-refractivity contribution < 1.29 is 32.9 Å². The van der Waals surface area contributed by atoms with E-state index in [4.69, 9.17) is 0 Å². The van der Waals surface area contributed by atoms with Gasteiger partial charge < -0.3 is 32.9 Å². The molecule has 9 heavy (non-hydrogen) atoms. The van der Waals surface area contributed by atoms with Crippen molar-refractivity contribution in [1.29, 1.82) is 0 Å². The molecule has 0 fully saturated rings. The number of halogens is 1. The Bertz CT molecular complexity index is 13.0. The van der Waals surface area contributed by atoms with Crippen LogP contribution in [0.1, 0.15) is 0 Å². The van der Waals surface area contributed by atoms with E-state index < -0.39 is 0 Å². The Labute approximate surface area is 99.4 Å². The van der Waals surface area contributed by atoms with Crippen LogP contribution in [0.2, 0.25) is 0 Å². The molecule has 0 heterocycles. The van der Waals surface area contributed by atoms with Gasteiger partial charge in [-0.2, -0.15) is 0 Å². The Hall–Kier alpha value is 1.84. The zero-order valence-electron chi connectivity index (χ0n) is 3.41. The molecule has 12 N–H and O–H groups in total. The van der Waals surface area contributed by atoms with Gasteiger partial charge in [0.25, 0.3) is 0 Å². The van der Waals surface area contributed by atoms with Crippen LogP contribution in [-0.2, 0) is 0 Å². The normalized spacial score (nSPS) is 0. The van der Waals surface area contributed by atoms with Crippen LogP contribution in [0.3, 0.4) is 0 Å². The summed E-state index contributed by atoms with van der Waals surface area (Å²) < 4.78 is 0. The standard InChI is InChI=1S/Al.Ca.ClH.6H2O.5H/h;;1H;6*1H2;;;;;. The summed E-state index contributed by atoms with van der Waals surface area (Å²) in [6, 6.07) is 0. The van der Waals surface area contributed by atoms with E-state index in [1.807, 2.05) is 0 Å². The van der Waals surface area contributed by atoms with Gasteiger partial charge in [0, 0.05) is 0 Å². The van der Waals surface area contributed by atoms with Crippen molar-refractivity contribution >= 4 is 67.5 Å². The van der Waals surface area contributed by atoms with Crippen molar-refractivity contribution in [3.05, 3.63) is 0 Å². The van der Waals surface area contributed by atoms with Gasteiger partial charge in [-0.15, -0.1) is 12.4 Å². The molecule has 0 aliphatic rings. The van der Waals surface area contributed by atoms with E-state index in [0.29, 0.717) is 0 Å². The molecular formula is H18AlCaClO6. The summed E-state index contributed by atoms with van der Waals surface area (Å²) in [7, 11) is 0. The van der Waals surface area contributed by atoms with Crippen LogP contribution >= 0.6 is 12.4 Å². The summed E-state index contributed by atoms with van der Waals surface area (Å²) in [4.78, 5) is 0. The fourth-order valence-electron chi connectivity index (χ4n) is 0. The summed E-state index contributed by atoms with van der Waals surface area (Å²) in [6.07, 6.45) is 0. The summed E-state index contributed by atoms with van der Waals surface area (Å²) in [5.41, 5.74) is 0. The van der Waals surface area contributed by atoms with Crippen LogP contribution in [0.5, 0.6) is 0 Å². The molecule has 0 aliphatic heterocycles. The maximum atomic E-state index is 0. The zero-order chi connectivity index (χ0) is 0. The summed E-state index contributed by atoms with van der Waals surface area (Å²) in [5, 5.41) is 0. The van der Waals surface area contributed by atoms with Crippen LogP contribution in [0.15, 0.2) is 0 Å². The van der Waals surface area contributed by atoms with Crippen LogP contribution in [0, 0.1) is 0 Å². The third-order valence-corrected chi connectivity index (χ3v) is 0. The second-order valence-corrected chi connectivity index (χ2v) is 0. The fraction of sp³-hybridized carbons (Fsp3) is 0. The van der Waals surface area contributed by atoms with Crippen LogP contribution in [0.25, 0.3) is 0 Å². The molecule has 0 atom stereocenters. The third-order valence-electron chi connectivity index (χ3n) is 0. The summed E-state index contributed by atoms with van der Waals surface area (Å²) in [6.45, 7) is 0.